The lowest BCUT2D eigenvalue weighted by atomic mass is 9.86. The molecule has 2 saturated carbocycles. The van der Waals surface area contributed by atoms with Gasteiger partial charge in [-0.15, -0.1) is 0 Å². The molecule has 3 rings (SSSR count). The summed E-state index contributed by atoms with van der Waals surface area (Å²) in [4.78, 5) is 23.9. The number of benzene rings is 1. The fourth-order valence-corrected chi connectivity index (χ4v) is 4.12. The van der Waals surface area contributed by atoms with Gasteiger partial charge in [-0.2, -0.15) is 5.26 Å². The standard InChI is InChI=1S/C18H19ClN2O3/c19-15-4-3-13(9-20)16(8-15)21-17(22)10-24-18(23)7-14-6-11-1-2-12(14)5-11/h3-4,8,11-12,14H,1-2,5-7,10H2,(H,21,22)/t11-,12-,14-/m1/s1. The molecule has 1 N–H and O–H groups in total. The van der Waals surface area contributed by atoms with Gasteiger partial charge in [0.05, 0.1) is 11.3 Å². The fourth-order valence-electron chi connectivity index (χ4n) is 3.95. The molecule has 1 amide bonds. The number of fused-ring (bicyclic) bond motifs is 2. The lowest BCUT2D eigenvalue weighted by molar-refractivity contribution is -0.148. The molecule has 0 unspecified atom stereocenters. The molecule has 2 fully saturated rings. The monoisotopic (exact) mass is 346 g/mol. The second-order valence-corrected chi connectivity index (χ2v) is 7.09. The van der Waals surface area contributed by atoms with Gasteiger partial charge in [-0.05, 0) is 55.2 Å². The largest absolute Gasteiger partial charge is 0.456 e. The number of anilines is 1. The Morgan fingerprint density at radius 2 is 2.17 bits per heavy atom. The van der Waals surface area contributed by atoms with Crippen molar-refractivity contribution < 1.29 is 14.3 Å². The van der Waals surface area contributed by atoms with Gasteiger partial charge in [0.1, 0.15) is 6.07 Å². The summed E-state index contributed by atoms with van der Waals surface area (Å²) in [7, 11) is 0. The number of esters is 1. The molecule has 0 radical (unpaired) electrons. The SMILES string of the molecule is N#Cc1ccc(Cl)cc1NC(=O)COC(=O)C[C@H]1C[C@@H]2CC[C@@H]1C2. The van der Waals surface area contributed by atoms with Crippen LogP contribution in [0.4, 0.5) is 5.69 Å². The van der Waals surface area contributed by atoms with Crippen molar-refractivity contribution in [2.24, 2.45) is 17.8 Å². The summed E-state index contributed by atoms with van der Waals surface area (Å²) < 4.78 is 5.08. The molecule has 2 aliphatic rings. The molecule has 126 valence electrons. The van der Waals surface area contributed by atoms with Crippen LogP contribution >= 0.6 is 11.6 Å². The van der Waals surface area contributed by atoms with Crippen molar-refractivity contribution in [3.63, 3.8) is 0 Å². The van der Waals surface area contributed by atoms with Crippen molar-refractivity contribution in [3.05, 3.63) is 28.8 Å². The molecule has 2 bridgehead atoms. The van der Waals surface area contributed by atoms with E-state index in [1.807, 2.05) is 6.07 Å². The van der Waals surface area contributed by atoms with Gasteiger partial charge >= 0.3 is 5.97 Å². The van der Waals surface area contributed by atoms with Gasteiger partial charge in [-0.1, -0.05) is 18.0 Å². The van der Waals surface area contributed by atoms with E-state index in [4.69, 9.17) is 21.6 Å². The van der Waals surface area contributed by atoms with Crippen LogP contribution in [0, 0.1) is 29.1 Å². The number of carbonyl (C=O) groups is 2. The van der Waals surface area contributed by atoms with Crippen molar-refractivity contribution in [1.82, 2.24) is 0 Å². The Hall–Kier alpha value is -2.06. The van der Waals surface area contributed by atoms with E-state index in [0.717, 1.165) is 12.3 Å². The molecule has 3 atom stereocenters. The average Bonchev–Trinajstić information content (AvgIpc) is 3.16. The highest BCUT2D eigenvalue weighted by Crippen LogP contribution is 2.49. The molecule has 0 aromatic heterocycles. The molecule has 24 heavy (non-hydrogen) atoms. The zero-order valence-electron chi connectivity index (χ0n) is 13.3. The Morgan fingerprint density at radius 1 is 1.33 bits per heavy atom. The molecule has 0 spiro atoms. The smallest absolute Gasteiger partial charge is 0.306 e. The summed E-state index contributed by atoms with van der Waals surface area (Å²) in [5, 5.41) is 12.0. The van der Waals surface area contributed by atoms with Gasteiger partial charge in [0, 0.05) is 11.4 Å². The molecule has 1 aromatic carbocycles. The zero-order valence-corrected chi connectivity index (χ0v) is 14.0. The summed E-state index contributed by atoms with van der Waals surface area (Å²) in [6.07, 6.45) is 5.26. The van der Waals surface area contributed by atoms with Gasteiger partial charge < -0.3 is 10.1 Å². The van der Waals surface area contributed by atoms with E-state index in [1.54, 1.807) is 6.07 Å². The number of amides is 1. The number of hydrogen-bond acceptors (Lipinski definition) is 4. The molecule has 0 heterocycles. The van der Waals surface area contributed by atoms with Crippen LogP contribution in [0.1, 0.15) is 37.7 Å². The molecule has 2 aliphatic carbocycles. The maximum atomic E-state index is 11.9. The first-order chi connectivity index (χ1) is 11.5. The summed E-state index contributed by atoms with van der Waals surface area (Å²) >= 11 is 5.86. The number of nitrogens with zero attached hydrogens (tertiary/aromatic N) is 1. The van der Waals surface area contributed by atoms with Crippen LogP contribution in [0.25, 0.3) is 0 Å². The van der Waals surface area contributed by atoms with Crippen molar-refractivity contribution in [3.8, 4) is 6.07 Å². The van der Waals surface area contributed by atoms with E-state index in [1.165, 1.54) is 31.4 Å². The number of rotatable bonds is 5. The Bertz CT molecular complexity index is 698. The minimum Gasteiger partial charge on any atom is -0.456 e. The molecule has 5 nitrogen and oxygen atoms in total. The van der Waals surface area contributed by atoms with Gasteiger partial charge in [0.25, 0.3) is 5.91 Å². The molecule has 0 saturated heterocycles. The van der Waals surface area contributed by atoms with Crippen LogP contribution in [0.3, 0.4) is 0 Å². The molecule has 6 heteroatoms. The van der Waals surface area contributed by atoms with Crippen LogP contribution in [0.5, 0.6) is 0 Å². The average molecular weight is 347 g/mol. The molecular weight excluding hydrogens is 328 g/mol. The van der Waals surface area contributed by atoms with E-state index >= 15 is 0 Å². The van der Waals surface area contributed by atoms with Crippen LogP contribution in [-0.2, 0) is 14.3 Å². The zero-order chi connectivity index (χ0) is 17.1. The van der Waals surface area contributed by atoms with Crippen LogP contribution < -0.4 is 5.32 Å². The summed E-state index contributed by atoms with van der Waals surface area (Å²) in [6, 6.07) is 6.57. The predicted molar refractivity (Wildman–Crippen MR) is 89.3 cm³/mol. The van der Waals surface area contributed by atoms with E-state index < -0.39 is 5.91 Å². The van der Waals surface area contributed by atoms with E-state index in [9.17, 15) is 9.59 Å². The lowest BCUT2D eigenvalue weighted by Gasteiger charge is -2.20. The predicted octanol–water partition coefficient (Wildman–Crippen LogP) is 3.52. The fraction of sp³-hybridized carbons (Fsp3) is 0.500. The molecular formula is C18H19ClN2O3. The van der Waals surface area contributed by atoms with Crippen molar-refractivity contribution in [2.75, 3.05) is 11.9 Å². The highest BCUT2D eigenvalue weighted by atomic mass is 35.5. The number of ether oxygens (including phenoxy) is 1. The summed E-state index contributed by atoms with van der Waals surface area (Å²) in [5.41, 5.74) is 0.625. The van der Waals surface area contributed by atoms with Gasteiger partial charge in [0.2, 0.25) is 0 Å². The molecule has 1 aromatic rings. The second kappa shape index (κ2) is 7.23. The topological polar surface area (TPSA) is 79.2 Å². The minimum absolute atomic E-state index is 0.307. The highest BCUT2D eigenvalue weighted by Gasteiger charge is 2.40. The maximum Gasteiger partial charge on any atom is 0.306 e. The molecule has 0 aliphatic heterocycles. The number of hydrogen-bond donors (Lipinski definition) is 1. The summed E-state index contributed by atoms with van der Waals surface area (Å²) in [5.74, 6) is 1.05. The van der Waals surface area contributed by atoms with Gasteiger partial charge in [-0.3, -0.25) is 9.59 Å². The Morgan fingerprint density at radius 3 is 2.83 bits per heavy atom. The minimum atomic E-state index is -0.477. The van der Waals surface area contributed by atoms with E-state index in [0.29, 0.717) is 34.5 Å². The highest BCUT2D eigenvalue weighted by molar-refractivity contribution is 6.31. The third-order valence-electron chi connectivity index (χ3n) is 5.05. The van der Waals surface area contributed by atoms with Crippen LogP contribution in [0.2, 0.25) is 5.02 Å². The number of nitriles is 1. The van der Waals surface area contributed by atoms with Crippen LogP contribution in [-0.4, -0.2) is 18.5 Å². The number of halogens is 1. The Labute approximate surface area is 145 Å². The van der Waals surface area contributed by atoms with Crippen molar-refractivity contribution in [2.45, 2.75) is 32.1 Å². The van der Waals surface area contributed by atoms with Gasteiger partial charge in [-0.25, -0.2) is 0 Å². The number of nitrogens with one attached hydrogen (secondary N) is 1. The normalized spacial score (nSPS) is 24.4. The van der Waals surface area contributed by atoms with E-state index in [-0.39, 0.29) is 12.6 Å². The second-order valence-electron chi connectivity index (χ2n) is 6.65. The lowest BCUT2D eigenvalue weighted by Crippen LogP contribution is -2.23. The first-order valence-corrected chi connectivity index (χ1v) is 8.58. The first kappa shape index (κ1) is 16.8. The van der Waals surface area contributed by atoms with Crippen molar-refractivity contribution in [1.29, 1.82) is 5.26 Å². The Balaban J connectivity index is 1.46. The maximum absolute atomic E-state index is 11.9. The third kappa shape index (κ3) is 3.88. The Kier molecular flexibility index (Phi) is 5.06. The van der Waals surface area contributed by atoms with Gasteiger partial charge in [0.15, 0.2) is 6.61 Å². The quantitative estimate of drug-likeness (QED) is 0.827. The van der Waals surface area contributed by atoms with Crippen molar-refractivity contribution >= 4 is 29.2 Å². The first-order valence-electron chi connectivity index (χ1n) is 8.20. The van der Waals surface area contributed by atoms with Crippen LogP contribution in [0.15, 0.2) is 18.2 Å². The number of carbonyl (C=O) groups excluding carboxylic acids is 2. The van der Waals surface area contributed by atoms with E-state index in [2.05, 4.69) is 5.32 Å². The third-order valence-corrected chi connectivity index (χ3v) is 5.29. The summed E-state index contributed by atoms with van der Waals surface area (Å²) in [6.45, 7) is -0.350.